The molecule has 1 aliphatic rings. The van der Waals surface area contributed by atoms with Crippen molar-refractivity contribution in [1.82, 2.24) is 4.90 Å². The van der Waals surface area contributed by atoms with E-state index in [4.69, 9.17) is 0 Å². The molecular weight excluding hydrogens is 242 g/mol. The van der Waals surface area contributed by atoms with Crippen molar-refractivity contribution in [1.29, 1.82) is 0 Å². The minimum Gasteiger partial charge on any atom is -0.299 e. The molecule has 1 nitrogen and oxygen atoms in total. The molecule has 3 aromatic rings. The molecule has 20 heavy (non-hydrogen) atoms. The zero-order chi connectivity index (χ0) is 13.4. The summed E-state index contributed by atoms with van der Waals surface area (Å²) in [4.78, 5) is 2.59. The number of nitrogens with zero attached hydrogens (tertiary/aromatic N) is 1. The summed E-state index contributed by atoms with van der Waals surface area (Å²) in [5.74, 6) is 0. The zero-order valence-corrected chi connectivity index (χ0v) is 11.7. The van der Waals surface area contributed by atoms with E-state index in [1.165, 1.54) is 53.0 Å². The molecule has 4 rings (SSSR count). The molecule has 3 aromatic carbocycles. The summed E-state index contributed by atoms with van der Waals surface area (Å²) >= 11 is 0. The van der Waals surface area contributed by atoms with Crippen molar-refractivity contribution in [3.05, 3.63) is 60.2 Å². The Morgan fingerprint density at radius 3 is 1.90 bits per heavy atom. The van der Waals surface area contributed by atoms with Crippen molar-refractivity contribution in [2.75, 3.05) is 13.1 Å². The van der Waals surface area contributed by atoms with Gasteiger partial charge in [-0.05, 0) is 59.1 Å². The van der Waals surface area contributed by atoms with Gasteiger partial charge in [-0.2, -0.15) is 0 Å². The van der Waals surface area contributed by atoms with Gasteiger partial charge in [-0.15, -0.1) is 0 Å². The minimum atomic E-state index is 1.09. The average Bonchev–Trinajstić information content (AvgIpc) is 3.00. The van der Waals surface area contributed by atoms with Crippen molar-refractivity contribution in [2.24, 2.45) is 0 Å². The van der Waals surface area contributed by atoms with Crippen LogP contribution in [0.25, 0.3) is 21.5 Å². The highest BCUT2D eigenvalue weighted by atomic mass is 15.1. The molecule has 0 amide bonds. The van der Waals surface area contributed by atoms with Gasteiger partial charge >= 0.3 is 0 Å². The Balaban J connectivity index is 1.96. The summed E-state index contributed by atoms with van der Waals surface area (Å²) in [5.41, 5.74) is 1.50. The number of likely N-dealkylation sites (tertiary alicyclic amines) is 1. The standard InChI is InChI=1S/C19H19N/c1-3-9-17-15(7-1)13-16-8-2-4-10-18(16)19(17)14-20-11-5-6-12-20/h1-4,7-10,13H,5-6,11-12,14H2. The van der Waals surface area contributed by atoms with Gasteiger partial charge in [0.2, 0.25) is 0 Å². The summed E-state index contributed by atoms with van der Waals surface area (Å²) in [6.45, 7) is 3.58. The molecule has 1 fully saturated rings. The first kappa shape index (κ1) is 11.9. The van der Waals surface area contributed by atoms with E-state index in [1.54, 1.807) is 0 Å². The Bertz CT molecular complexity index is 700. The van der Waals surface area contributed by atoms with E-state index >= 15 is 0 Å². The highest BCUT2D eigenvalue weighted by molar-refractivity contribution is 6.02. The SMILES string of the molecule is c1ccc2c(CN3CCCC3)c3ccccc3cc2c1. The smallest absolute Gasteiger partial charge is 0.0246 e. The Morgan fingerprint density at radius 2 is 1.30 bits per heavy atom. The molecule has 0 N–H and O–H groups in total. The molecule has 0 atom stereocenters. The third kappa shape index (κ3) is 1.99. The second-order valence-corrected chi connectivity index (χ2v) is 5.78. The van der Waals surface area contributed by atoms with E-state index in [0.717, 1.165) is 6.54 Å². The summed E-state index contributed by atoms with van der Waals surface area (Å²) < 4.78 is 0. The average molecular weight is 261 g/mol. The lowest BCUT2D eigenvalue weighted by Crippen LogP contribution is -2.18. The summed E-state index contributed by atoms with van der Waals surface area (Å²) in [5, 5.41) is 5.55. The van der Waals surface area contributed by atoms with Gasteiger partial charge in [-0.3, -0.25) is 4.90 Å². The van der Waals surface area contributed by atoms with Crippen LogP contribution >= 0.6 is 0 Å². The van der Waals surface area contributed by atoms with E-state index in [2.05, 4.69) is 59.5 Å². The van der Waals surface area contributed by atoms with E-state index in [0.29, 0.717) is 0 Å². The topological polar surface area (TPSA) is 3.24 Å². The first-order valence-electron chi connectivity index (χ1n) is 7.53. The number of hydrogen-bond donors (Lipinski definition) is 0. The van der Waals surface area contributed by atoms with Crippen LogP contribution in [0, 0.1) is 0 Å². The van der Waals surface area contributed by atoms with Crippen LogP contribution in [0.4, 0.5) is 0 Å². The summed E-state index contributed by atoms with van der Waals surface area (Å²) in [7, 11) is 0. The third-order valence-corrected chi connectivity index (χ3v) is 4.46. The normalized spacial score (nSPS) is 16.2. The molecule has 0 aliphatic carbocycles. The zero-order valence-electron chi connectivity index (χ0n) is 11.7. The number of hydrogen-bond acceptors (Lipinski definition) is 1. The minimum absolute atomic E-state index is 1.09. The maximum absolute atomic E-state index is 2.59. The van der Waals surface area contributed by atoms with Crippen LogP contribution in [0.15, 0.2) is 54.6 Å². The van der Waals surface area contributed by atoms with Crippen LogP contribution in [0.5, 0.6) is 0 Å². The van der Waals surface area contributed by atoms with Crippen LogP contribution in [0.2, 0.25) is 0 Å². The fraction of sp³-hybridized carbons (Fsp3) is 0.263. The highest BCUT2D eigenvalue weighted by Gasteiger charge is 2.15. The number of benzene rings is 3. The molecule has 1 heterocycles. The second kappa shape index (κ2) is 4.92. The van der Waals surface area contributed by atoms with Crippen molar-refractivity contribution in [2.45, 2.75) is 19.4 Å². The van der Waals surface area contributed by atoms with Crippen molar-refractivity contribution in [3.63, 3.8) is 0 Å². The molecular formula is C19H19N. The predicted octanol–water partition coefficient (Wildman–Crippen LogP) is 4.59. The quantitative estimate of drug-likeness (QED) is 0.610. The van der Waals surface area contributed by atoms with E-state index in [9.17, 15) is 0 Å². The predicted molar refractivity (Wildman–Crippen MR) is 86.0 cm³/mol. The largest absolute Gasteiger partial charge is 0.299 e. The number of fused-ring (bicyclic) bond motifs is 2. The molecule has 0 aromatic heterocycles. The lowest BCUT2D eigenvalue weighted by Gasteiger charge is -2.18. The van der Waals surface area contributed by atoms with Crippen LogP contribution in [0.3, 0.4) is 0 Å². The van der Waals surface area contributed by atoms with Gasteiger partial charge in [0.05, 0.1) is 0 Å². The Morgan fingerprint density at radius 1 is 0.750 bits per heavy atom. The maximum atomic E-state index is 2.59. The number of rotatable bonds is 2. The van der Waals surface area contributed by atoms with Gasteiger partial charge in [0, 0.05) is 6.54 Å². The maximum Gasteiger partial charge on any atom is 0.0246 e. The molecule has 100 valence electrons. The molecule has 0 unspecified atom stereocenters. The third-order valence-electron chi connectivity index (χ3n) is 4.46. The van der Waals surface area contributed by atoms with Gasteiger partial charge < -0.3 is 0 Å². The monoisotopic (exact) mass is 261 g/mol. The van der Waals surface area contributed by atoms with Crippen LogP contribution in [-0.2, 0) is 6.54 Å². The highest BCUT2D eigenvalue weighted by Crippen LogP contribution is 2.30. The van der Waals surface area contributed by atoms with Crippen molar-refractivity contribution < 1.29 is 0 Å². The summed E-state index contributed by atoms with van der Waals surface area (Å²) in [6.07, 6.45) is 2.70. The molecule has 1 aliphatic heterocycles. The molecule has 0 spiro atoms. The van der Waals surface area contributed by atoms with Gasteiger partial charge in [-0.25, -0.2) is 0 Å². The molecule has 1 heteroatoms. The van der Waals surface area contributed by atoms with Crippen LogP contribution < -0.4 is 0 Å². The fourth-order valence-corrected chi connectivity index (χ4v) is 3.44. The van der Waals surface area contributed by atoms with E-state index in [1.807, 2.05) is 0 Å². The van der Waals surface area contributed by atoms with Gasteiger partial charge in [-0.1, -0.05) is 48.5 Å². The summed E-state index contributed by atoms with van der Waals surface area (Å²) in [6, 6.07) is 19.9. The van der Waals surface area contributed by atoms with E-state index < -0.39 is 0 Å². The lowest BCUT2D eigenvalue weighted by atomic mass is 9.96. The Kier molecular flexibility index (Phi) is 2.93. The second-order valence-electron chi connectivity index (χ2n) is 5.78. The Labute approximate surface area is 119 Å². The van der Waals surface area contributed by atoms with Crippen LogP contribution in [-0.4, -0.2) is 18.0 Å². The molecule has 0 saturated carbocycles. The van der Waals surface area contributed by atoms with Crippen molar-refractivity contribution >= 4 is 21.5 Å². The Hall–Kier alpha value is -1.86. The van der Waals surface area contributed by atoms with Crippen molar-refractivity contribution in [3.8, 4) is 0 Å². The van der Waals surface area contributed by atoms with Gasteiger partial charge in [0.15, 0.2) is 0 Å². The van der Waals surface area contributed by atoms with Gasteiger partial charge in [0.1, 0.15) is 0 Å². The first-order valence-corrected chi connectivity index (χ1v) is 7.53. The van der Waals surface area contributed by atoms with Gasteiger partial charge in [0.25, 0.3) is 0 Å². The first-order chi connectivity index (χ1) is 9.92. The molecule has 0 radical (unpaired) electrons. The fourth-order valence-electron chi connectivity index (χ4n) is 3.44. The molecule has 1 saturated heterocycles. The van der Waals surface area contributed by atoms with E-state index in [-0.39, 0.29) is 0 Å². The van der Waals surface area contributed by atoms with Crippen LogP contribution in [0.1, 0.15) is 18.4 Å². The molecule has 0 bridgehead atoms. The lowest BCUT2D eigenvalue weighted by molar-refractivity contribution is 0.334.